The molecule has 1 amide bonds. The number of nitrogens with one attached hydrogen (secondary N) is 2. The number of piperazine rings is 1. The van der Waals surface area contributed by atoms with Crippen LogP contribution in [-0.2, 0) is 6.42 Å². The number of aromatic nitrogens is 4. The maximum atomic E-state index is 14.4. The summed E-state index contributed by atoms with van der Waals surface area (Å²) in [6, 6.07) is 2.95. The molecule has 5 aliphatic heterocycles. The van der Waals surface area contributed by atoms with Crippen LogP contribution in [0.15, 0.2) is 12.3 Å². The first-order chi connectivity index (χ1) is 19.9. The van der Waals surface area contributed by atoms with Crippen LogP contribution in [0.4, 0.5) is 15.9 Å². The Hall–Kier alpha value is -3.02. The minimum atomic E-state index is -0.843. The monoisotopic (exact) mass is 580 g/mol. The van der Waals surface area contributed by atoms with Crippen LogP contribution in [0.1, 0.15) is 53.7 Å². The average Bonchev–Trinajstić information content (AvgIpc) is 3.72. The molecule has 0 spiro atoms. The number of amides is 1. The molecule has 0 aliphatic carbocycles. The topological polar surface area (TPSA) is 103 Å². The number of aryl methyl sites for hydroxylation is 1. The number of H-pyrrole nitrogens is 1. The second kappa shape index (κ2) is 9.50. The lowest BCUT2D eigenvalue weighted by molar-refractivity contribution is 0.0963. The third-order valence-corrected chi connectivity index (χ3v) is 10.3. The number of hydrogen-bond donors (Lipinski definition) is 2. The lowest BCUT2D eigenvalue weighted by Crippen LogP contribution is -2.52. The van der Waals surface area contributed by atoms with E-state index in [9.17, 15) is 9.18 Å². The van der Waals surface area contributed by atoms with Crippen molar-refractivity contribution in [3.63, 3.8) is 0 Å². The van der Waals surface area contributed by atoms with Crippen LogP contribution in [0.25, 0.3) is 10.9 Å². The van der Waals surface area contributed by atoms with E-state index in [0.29, 0.717) is 61.0 Å². The van der Waals surface area contributed by atoms with Crippen LogP contribution < -0.4 is 19.9 Å². The van der Waals surface area contributed by atoms with Gasteiger partial charge in [0.25, 0.3) is 5.91 Å². The minimum Gasteiger partial charge on any atom is -0.461 e. The fourth-order valence-corrected chi connectivity index (χ4v) is 8.17. The molecule has 1 aromatic carbocycles. The molecule has 2 unspecified atom stereocenters. The summed E-state index contributed by atoms with van der Waals surface area (Å²) in [7, 11) is 0. The molecule has 7 heterocycles. The molecule has 3 aromatic rings. The third kappa shape index (κ3) is 4.11. The van der Waals surface area contributed by atoms with Crippen LogP contribution >= 0.6 is 11.6 Å². The van der Waals surface area contributed by atoms with Gasteiger partial charge in [-0.1, -0.05) is 11.6 Å². The minimum absolute atomic E-state index is 0.187. The SMILES string of the molecule is Cc1cc2[nH]ncc2c(N2CCc3c(nc(OC[C@@]45CCCN4C[C@H](F)C5)nc3N3CC4CCC(C3)N4)C2=O)c1Cl. The number of carbonyl (C=O) groups excluding carboxylic acids is 1. The molecule has 2 bridgehead atoms. The third-order valence-electron chi connectivity index (χ3n) is 9.85. The molecule has 5 aliphatic rings. The highest BCUT2D eigenvalue weighted by Gasteiger charge is 2.49. The van der Waals surface area contributed by atoms with Crippen molar-refractivity contribution in [3.8, 4) is 6.01 Å². The van der Waals surface area contributed by atoms with Crippen LogP contribution in [0.3, 0.4) is 0 Å². The van der Waals surface area contributed by atoms with E-state index in [-0.39, 0.29) is 17.5 Å². The van der Waals surface area contributed by atoms with Gasteiger partial charge in [-0.2, -0.15) is 15.1 Å². The summed E-state index contributed by atoms with van der Waals surface area (Å²) in [5.74, 6) is 0.564. The van der Waals surface area contributed by atoms with E-state index < -0.39 is 6.17 Å². The molecule has 10 nitrogen and oxygen atoms in total. The molecule has 41 heavy (non-hydrogen) atoms. The van der Waals surface area contributed by atoms with Crippen molar-refractivity contribution in [1.82, 2.24) is 30.4 Å². The van der Waals surface area contributed by atoms with E-state index in [1.165, 1.54) is 0 Å². The van der Waals surface area contributed by atoms with Gasteiger partial charge >= 0.3 is 6.01 Å². The number of alkyl halides is 1. The molecule has 12 heteroatoms. The number of ether oxygens (including phenoxy) is 1. The standard InChI is InChI=1S/C29H34ClFN8O2/c1-16-9-22-21(11-32-36-22)25(23(16)30)39-8-5-20-24(27(39)40)34-28(35-26(20)37-13-18-3-4-19(14-37)33-18)41-15-29-6-2-7-38(29)12-17(31)10-29/h9,11,17-19,33H,2-8,10,12-15H2,1H3,(H,32,36)/t17-,18?,19?,29+/m1/s1. The number of rotatable bonds is 5. The van der Waals surface area contributed by atoms with Gasteiger partial charge in [-0.15, -0.1) is 0 Å². The van der Waals surface area contributed by atoms with Crippen molar-refractivity contribution in [1.29, 1.82) is 0 Å². The molecule has 2 N–H and O–H groups in total. The highest BCUT2D eigenvalue weighted by Crippen LogP contribution is 2.42. The predicted molar refractivity (Wildman–Crippen MR) is 154 cm³/mol. The highest BCUT2D eigenvalue weighted by atomic mass is 35.5. The Balaban J connectivity index is 1.18. The summed E-state index contributed by atoms with van der Waals surface area (Å²) in [4.78, 5) is 30.2. The zero-order valence-electron chi connectivity index (χ0n) is 23.1. The molecule has 4 fully saturated rings. The van der Waals surface area contributed by atoms with Gasteiger partial charge in [-0.05, 0) is 57.2 Å². The van der Waals surface area contributed by atoms with Gasteiger partial charge < -0.3 is 19.9 Å². The molecular formula is C29H34ClFN8O2. The Kier molecular flexibility index (Phi) is 5.95. The average molecular weight is 581 g/mol. The number of aromatic amines is 1. The number of fused-ring (bicyclic) bond motifs is 5. The van der Waals surface area contributed by atoms with Crippen LogP contribution in [-0.4, -0.2) is 94.1 Å². The van der Waals surface area contributed by atoms with Crippen molar-refractivity contribution < 1.29 is 13.9 Å². The van der Waals surface area contributed by atoms with Gasteiger partial charge in [0.2, 0.25) is 0 Å². The normalized spacial score (nSPS) is 29.4. The van der Waals surface area contributed by atoms with E-state index in [1.54, 1.807) is 11.1 Å². The zero-order valence-corrected chi connectivity index (χ0v) is 23.9. The number of hydrogen-bond acceptors (Lipinski definition) is 8. The van der Waals surface area contributed by atoms with Gasteiger partial charge in [-0.3, -0.25) is 14.8 Å². The summed E-state index contributed by atoms with van der Waals surface area (Å²) >= 11 is 6.82. The summed E-state index contributed by atoms with van der Waals surface area (Å²) in [5.41, 5.74) is 3.22. The summed E-state index contributed by atoms with van der Waals surface area (Å²) in [6.45, 7) is 5.70. The number of halogens is 2. The summed E-state index contributed by atoms with van der Waals surface area (Å²) in [6.07, 6.45) is 6.13. The summed E-state index contributed by atoms with van der Waals surface area (Å²) < 4.78 is 20.7. The zero-order chi connectivity index (χ0) is 27.9. The van der Waals surface area contributed by atoms with Gasteiger partial charge in [0.05, 0.1) is 28.0 Å². The lowest BCUT2D eigenvalue weighted by atomic mass is 9.95. The molecule has 8 rings (SSSR count). The first-order valence-corrected chi connectivity index (χ1v) is 15.1. The van der Waals surface area contributed by atoms with Crippen molar-refractivity contribution in [2.45, 2.75) is 69.2 Å². The van der Waals surface area contributed by atoms with E-state index in [0.717, 1.165) is 73.2 Å². The number of carbonyl (C=O) groups is 1. The van der Waals surface area contributed by atoms with Crippen molar-refractivity contribution >= 4 is 39.9 Å². The van der Waals surface area contributed by atoms with Crippen LogP contribution in [0.2, 0.25) is 5.02 Å². The molecular weight excluding hydrogens is 547 g/mol. The molecule has 4 atom stereocenters. The van der Waals surface area contributed by atoms with Gasteiger partial charge in [0.15, 0.2) is 0 Å². The Morgan fingerprint density at radius 1 is 1.20 bits per heavy atom. The highest BCUT2D eigenvalue weighted by molar-refractivity contribution is 6.36. The second-order valence-electron chi connectivity index (χ2n) is 12.5. The second-order valence-corrected chi connectivity index (χ2v) is 12.8. The molecule has 4 saturated heterocycles. The molecule has 2 aromatic heterocycles. The number of benzene rings is 1. The smallest absolute Gasteiger partial charge is 0.319 e. The Labute approximate surface area is 242 Å². The van der Waals surface area contributed by atoms with E-state index in [2.05, 4.69) is 25.3 Å². The van der Waals surface area contributed by atoms with Crippen molar-refractivity contribution in [2.24, 2.45) is 0 Å². The molecule has 0 radical (unpaired) electrons. The summed E-state index contributed by atoms with van der Waals surface area (Å²) in [5, 5.41) is 12.2. The maximum absolute atomic E-state index is 14.4. The first kappa shape index (κ1) is 25.7. The predicted octanol–water partition coefficient (Wildman–Crippen LogP) is 3.41. The van der Waals surface area contributed by atoms with Gasteiger partial charge in [0.1, 0.15) is 24.3 Å². The van der Waals surface area contributed by atoms with E-state index >= 15 is 0 Å². The van der Waals surface area contributed by atoms with Gasteiger partial charge in [0, 0.05) is 55.6 Å². The Bertz CT molecular complexity index is 1540. The van der Waals surface area contributed by atoms with Crippen molar-refractivity contribution in [2.75, 3.05) is 49.1 Å². The first-order valence-electron chi connectivity index (χ1n) is 14.8. The Morgan fingerprint density at radius 2 is 2.02 bits per heavy atom. The van der Waals surface area contributed by atoms with Crippen LogP contribution in [0, 0.1) is 6.92 Å². The fraction of sp³-hybridized carbons (Fsp3) is 0.586. The molecule has 216 valence electrons. The number of nitrogens with zero attached hydrogens (tertiary/aromatic N) is 6. The quantitative estimate of drug-likeness (QED) is 0.473. The fourth-order valence-electron chi connectivity index (χ4n) is 7.91. The molecule has 0 saturated carbocycles. The Morgan fingerprint density at radius 3 is 2.85 bits per heavy atom. The van der Waals surface area contributed by atoms with Crippen molar-refractivity contribution in [3.05, 3.63) is 34.1 Å². The number of anilines is 2. The van der Waals surface area contributed by atoms with E-state index in [1.807, 2.05) is 13.0 Å². The van der Waals surface area contributed by atoms with Gasteiger partial charge in [-0.25, -0.2) is 4.39 Å². The van der Waals surface area contributed by atoms with E-state index in [4.69, 9.17) is 26.3 Å². The largest absolute Gasteiger partial charge is 0.461 e. The lowest BCUT2D eigenvalue weighted by Gasteiger charge is -2.37. The van der Waals surface area contributed by atoms with Crippen LogP contribution in [0.5, 0.6) is 6.01 Å². The maximum Gasteiger partial charge on any atom is 0.319 e.